The molecular weight excluding hydrogens is 336 g/mol. The molecule has 0 aliphatic carbocycles. The maximum atomic E-state index is 11.3. The van der Waals surface area contributed by atoms with E-state index in [2.05, 4.69) is 10.1 Å². The number of aromatic nitrogens is 3. The van der Waals surface area contributed by atoms with Crippen LogP contribution in [0.3, 0.4) is 0 Å². The minimum Gasteiger partial charge on any atom is -0.480 e. The summed E-state index contributed by atoms with van der Waals surface area (Å²) in [7, 11) is 0. The molecule has 23 heavy (non-hydrogen) atoms. The van der Waals surface area contributed by atoms with Crippen molar-refractivity contribution in [1.82, 2.24) is 14.6 Å². The number of imidazole rings is 1. The van der Waals surface area contributed by atoms with E-state index < -0.39 is 12.0 Å². The maximum absolute atomic E-state index is 11.3. The quantitative estimate of drug-likeness (QED) is 0.787. The summed E-state index contributed by atoms with van der Waals surface area (Å²) in [4.78, 5) is 18.5. The molecule has 6 nitrogen and oxygen atoms in total. The lowest BCUT2D eigenvalue weighted by atomic mass is 10.2. The van der Waals surface area contributed by atoms with Crippen LogP contribution < -0.4 is 4.90 Å². The molecule has 1 aliphatic rings. The third kappa shape index (κ3) is 2.55. The number of halogens is 1. The lowest BCUT2D eigenvalue weighted by molar-refractivity contribution is -0.138. The van der Waals surface area contributed by atoms with Gasteiger partial charge in [-0.05, 0) is 25.0 Å². The van der Waals surface area contributed by atoms with Crippen LogP contribution >= 0.6 is 22.9 Å². The predicted molar refractivity (Wildman–Crippen MR) is 89.3 cm³/mol. The van der Waals surface area contributed by atoms with Crippen molar-refractivity contribution in [2.45, 2.75) is 18.9 Å². The van der Waals surface area contributed by atoms with E-state index in [0.717, 1.165) is 29.2 Å². The van der Waals surface area contributed by atoms with E-state index in [1.54, 1.807) is 4.52 Å². The first-order valence-electron chi connectivity index (χ1n) is 7.23. The van der Waals surface area contributed by atoms with Gasteiger partial charge in [-0.2, -0.15) is 0 Å². The molecule has 3 aromatic rings. The Bertz CT molecular complexity index is 842. The molecule has 0 unspecified atom stereocenters. The number of carboxylic acid groups (broad SMARTS) is 1. The van der Waals surface area contributed by atoms with E-state index in [1.165, 1.54) is 11.3 Å². The van der Waals surface area contributed by atoms with Crippen molar-refractivity contribution in [2.75, 3.05) is 11.4 Å². The summed E-state index contributed by atoms with van der Waals surface area (Å²) in [6, 6.07) is 6.99. The highest BCUT2D eigenvalue weighted by molar-refractivity contribution is 7.20. The molecule has 118 valence electrons. The molecule has 0 amide bonds. The molecule has 3 heterocycles. The zero-order valence-electron chi connectivity index (χ0n) is 12.0. The standard InChI is InChI=1S/C15H13ClN4O2S/c16-10-5-3-9(4-6-10)11-8-20-14(17-11)23-15(18-20)19-7-1-2-12(19)13(21)22/h3-6,8,12H,1-2,7H2,(H,21,22)/t12-/m1/s1. The number of carboxylic acids is 1. The van der Waals surface area contributed by atoms with E-state index >= 15 is 0 Å². The van der Waals surface area contributed by atoms with Gasteiger partial charge in [0, 0.05) is 17.1 Å². The third-order valence-electron chi connectivity index (χ3n) is 3.96. The average Bonchev–Trinajstić information content (AvgIpc) is 3.21. The number of hydrogen-bond donors (Lipinski definition) is 1. The number of nitrogens with zero attached hydrogens (tertiary/aromatic N) is 4. The van der Waals surface area contributed by atoms with Gasteiger partial charge in [0.25, 0.3) is 0 Å². The second-order valence-electron chi connectivity index (χ2n) is 5.43. The van der Waals surface area contributed by atoms with Crippen molar-refractivity contribution in [3.8, 4) is 11.3 Å². The van der Waals surface area contributed by atoms with Crippen molar-refractivity contribution in [3.63, 3.8) is 0 Å². The zero-order chi connectivity index (χ0) is 16.0. The van der Waals surface area contributed by atoms with Gasteiger partial charge >= 0.3 is 5.97 Å². The highest BCUT2D eigenvalue weighted by atomic mass is 35.5. The van der Waals surface area contributed by atoms with Crippen LogP contribution in [0.5, 0.6) is 0 Å². The summed E-state index contributed by atoms with van der Waals surface area (Å²) in [5.74, 6) is -0.794. The van der Waals surface area contributed by atoms with Gasteiger partial charge in [0.2, 0.25) is 10.1 Å². The molecule has 0 bridgehead atoms. The van der Waals surface area contributed by atoms with Crippen LogP contribution in [0.4, 0.5) is 5.13 Å². The summed E-state index contributed by atoms with van der Waals surface area (Å²) in [5, 5.41) is 15.2. The average molecular weight is 349 g/mol. The first-order chi connectivity index (χ1) is 11.1. The van der Waals surface area contributed by atoms with Gasteiger partial charge in [0.15, 0.2) is 0 Å². The second-order valence-corrected chi connectivity index (χ2v) is 6.81. The Morgan fingerprint density at radius 1 is 1.35 bits per heavy atom. The van der Waals surface area contributed by atoms with Gasteiger partial charge in [-0.3, -0.25) is 0 Å². The van der Waals surface area contributed by atoms with Crippen LogP contribution in [0.15, 0.2) is 30.5 Å². The number of benzene rings is 1. The van der Waals surface area contributed by atoms with Crippen molar-refractivity contribution in [1.29, 1.82) is 0 Å². The van der Waals surface area contributed by atoms with Gasteiger partial charge in [-0.25, -0.2) is 14.3 Å². The van der Waals surface area contributed by atoms with E-state index in [4.69, 9.17) is 11.6 Å². The minimum absolute atomic E-state index is 0.485. The largest absolute Gasteiger partial charge is 0.480 e. The Hall–Kier alpha value is -2.12. The molecular formula is C15H13ClN4O2S. The number of anilines is 1. The Morgan fingerprint density at radius 2 is 2.13 bits per heavy atom. The lowest BCUT2D eigenvalue weighted by Crippen LogP contribution is -2.35. The Balaban J connectivity index is 1.66. The number of rotatable bonds is 3. The summed E-state index contributed by atoms with van der Waals surface area (Å²) >= 11 is 7.31. The van der Waals surface area contributed by atoms with Crippen molar-refractivity contribution in [3.05, 3.63) is 35.5 Å². The van der Waals surface area contributed by atoms with Gasteiger partial charge in [-0.1, -0.05) is 35.1 Å². The Labute approximate surface area is 140 Å². The fraction of sp³-hybridized carbons (Fsp3) is 0.267. The fourth-order valence-electron chi connectivity index (χ4n) is 2.82. The van der Waals surface area contributed by atoms with Crippen molar-refractivity contribution >= 4 is 39.0 Å². The summed E-state index contributed by atoms with van der Waals surface area (Å²) in [6.07, 6.45) is 3.38. The first-order valence-corrected chi connectivity index (χ1v) is 8.43. The normalized spacial score (nSPS) is 18.0. The van der Waals surface area contributed by atoms with E-state index in [0.29, 0.717) is 16.6 Å². The van der Waals surface area contributed by atoms with Gasteiger partial charge < -0.3 is 10.0 Å². The molecule has 4 rings (SSSR count). The Morgan fingerprint density at radius 3 is 2.83 bits per heavy atom. The minimum atomic E-state index is -0.794. The summed E-state index contributed by atoms with van der Waals surface area (Å²) in [6.45, 7) is 0.720. The number of fused-ring (bicyclic) bond motifs is 1. The molecule has 8 heteroatoms. The van der Waals surface area contributed by atoms with Crippen molar-refractivity contribution in [2.24, 2.45) is 0 Å². The van der Waals surface area contributed by atoms with Gasteiger partial charge in [-0.15, -0.1) is 5.10 Å². The summed E-state index contributed by atoms with van der Waals surface area (Å²) in [5.41, 5.74) is 1.79. The van der Waals surface area contributed by atoms with Crippen LogP contribution in [0.1, 0.15) is 12.8 Å². The van der Waals surface area contributed by atoms with E-state index in [1.807, 2.05) is 35.4 Å². The van der Waals surface area contributed by atoms with Crippen molar-refractivity contribution < 1.29 is 9.90 Å². The molecule has 1 N–H and O–H groups in total. The molecule has 0 radical (unpaired) electrons. The summed E-state index contributed by atoms with van der Waals surface area (Å²) < 4.78 is 1.71. The van der Waals surface area contributed by atoms with Gasteiger partial charge in [0.05, 0.1) is 11.9 Å². The second kappa shape index (κ2) is 5.50. The molecule has 2 aromatic heterocycles. The zero-order valence-corrected chi connectivity index (χ0v) is 13.6. The molecule has 0 spiro atoms. The third-order valence-corrected chi connectivity index (χ3v) is 5.17. The number of aliphatic carboxylic acids is 1. The topological polar surface area (TPSA) is 70.7 Å². The van der Waals surface area contributed by atoms with E-state index in [9.17, 15) is 9.90 Å². The molecule has 1 atom stereocenters. The van der Waals surface area contributed by atoms with E-state index in [-0.39, 0.29) is 0 Å². The highest BCUT2D eigenvalue weighted by Crippen LogP contribution is 2.31. The number of hydrogen-bond acceptors (Lipinski definition) is 5. The Kier molecular flexibility index (Phi) is 3.46. The van der Waals surface area contributed by atoms with Crippen LogP contribution in [-0.4, -0.2) is 38.3 Å². The lowest BCUT2D eigenvalue weighted by Gasteiger charge is -2.19. The predicted octanol–water partition coefficient (Wildman–Crippen LogP) is 3.16. The first kappa shape index (κ1) is 14.5. The van der Waals surface area contributed by atoms with Crippen LogP contribution in [0, 0.1) is 0 Å². The van der Waals surface area contributed by atoms with Gasteiger partial charge in [0.1, 0.15) is 6.04 Å². The fourth-order valence-corrected chi connectivity index (χ4v) is 3.90. The molecule has 1 saturated heterocycles. The molecule has 1 aromatic carbocycles. The molecule has 0 saturated carbocycles. The molecule has 1 aliphatic heterocycles. The SMILES string of the molecule is O=C(O)[C@H]1CCCN1c1nn2cc(-c3ccc(Cl)cc3)nc2s1. The highest BCUT2D eigenvalue weighted by Gasteiger charge is 2.32. The monoisotopic (exact) mass is 348 g/mol. The molecule has 1 fully saturated rings. The maximum Gasteiger partial charge on any atom is 0.326 e. The number of carbonyl (C=O) groups is 1. The van der Waals surface area contributed by atoms with Crippen LogP contribution in [0.25, 0.3) is 16.2 Å². The smallest absolute Gasteiger partial charge is 0.326 e. The van der Waals surface area contributed by atoms with Crippen LogP contribution in [0.2, 0.25) is 5.02 Å². The van der Waals surface area contributed by atoms with Crippen LogP contribution in [-0.2, 0) is 4.79 Å².